The standard InChI is InChI=1S/C17H25N3O/c1-3-15-12-19(2)9-4-10-20(15)17(21)14-5-6-16-13(11-14)7-8-18-16/h5-6,11,15,18H,3-4,7-10,12H2,1-2H3. The zero-order valence-electron chi connectivity index (χ0n) is 13.1. The van der Waals surface area contributed by atoms with E-state index in [1.54, 1.807) is 0 Å². The van der Waals surface area contributed by atoms with Crippen LogP contribution in [0.4, 0.5) is 5.69 Å². The van der Waals surface area contributed by atoms with Crippen LogP contribution in [-0.2, 0) is 6.42 Å². The van der Waals surface area contributed by atoms with Crippen LogP contribution in [0.3, 0.4) is 0 Å². The summed E-state index contributed by atoms with van der Waals surface area (Å²) in [6, 6.07) is 6.44. The average Bonchev–Trinajstić information content (AvgIpc) is 2.88. The Morgan fingerprint density at radius 3 is 3.05 bits per heavy atom. The second-order valence-corrected chi connectivity index (χ2v) is 6.23. The van der Waals surface area contributed by atoms with E-state index in [1.807, 2.05) is 6.07 Å². The molecule has 1 amide bonds. The van der Waals surface area contributed by atoms with Gasteiger partial charge in [0, 0.05) is 36.9 Å². The SMILES string of the molecule is CCC1CN(C)CCCN1C(=O)c1ccc2c(c1)CCN2. The summed E-state index contributed by atoms with van der Waals surface area (Å²) in [5.41, 5.74) is 3.32. The molecule has 1 fully saturated rings. The molecule has 1 aromatic rings. The minimum absolute atomic E-state index is 0.201. The highest BCUT2D eigenvalue weighted by Crippen LogP contribution is 2.24. The van der Waals surface area contributed by atoms with E-state index in [-0.39, 0.29) is 5.91 Å². The number of hydrogen-bond donors (Lipinski definition) is 1. The molecule has 2 aliphatic heterocycles. The number of benzene rings is 1. The van der Waals surface area contributed by atoms with E-state index < -0.39 is 0 Å². The first-order valence-electron chi connectivity index (χ1n) is 8.05. The fourth-order valence-electron chi connectivity index (χ4n) is 3.46. The van der Waals surface area contributed by atoms with E-state index in [2.05, 4.69) is 41.2 Å². The smallest absolute Gasteiger partial charge is 0.254 e. The zero-order chi connectivity index (χ0) is 14.8. The molecular weight excluding hydrogens is 262 g/mol. The van der Waals surface area contributed by atoms with Crippen LogP contribution in [0.1, 0.15) is 35.7 Å². The minimum Gasteiger partial charge on any atom is -0.384 e. The van der Waals surface area contributed by atoms with Crippen LogP contribution in [0.25, 0.3) is 0 Å². The molecule has 0 saturated carbocycles. The van der Waals surface area contributed by atoms with Crippen LogP contribution >= 0.6 is 0 Å². The Kier molecular flexibility index (Phi) is 4.15. The van der Waals surface area contributed by atoms with Crippen molar-refractivity contribution in [2.24, 2.45) is 0 Å². The summed E-state index contributed by atoms with van der Waals surface area (Å²) in [4.78, 5) is 17.3. The first-order valence-corrected chi connectivity index (χ1v) is 8.05. The Morgan fingerprint density at radius 1 is 1.38 bits per heavy atom. The molecule has 4 heteroatoms. The molecule has 1 aromatic carbocycles. The topological polar surface area (TPSA) is 35.6 Å². The Labute approximate surface area is 127 Å². The number of amides is 1. The van der Waals surface area contributed by atoms with Crippen LogP contribution in [0.15, 0.2) is 18.2 Å². The summed E-state index contributed by atoms with van der Waals surface area (Å²) in [6.45, 7) is 6.09. The third-order valence-corrected chi connectivity index (χ3v) is 4.70. The van der Waals surface area contributed by atoms with Crippen molar-refractivity contribution < 1.29 is 4.79 Å². The second kappa shape index (κ2) is 6.06. The summed E-state index contributed by atoms with van der Waals surface area (Å²) in [5.74, 6) is 0.201. The average molecular weight is 287 g/mol. The highest BCUT2D eigenvalue weighted by molar-refractivity contribution is 5.95. The van der Waals surface area contributed by atoms with Crippen LogP contribution in [0.5, 0.6) is 0 Å². The molecule has 4 nitrogen and oxygen atoms in total. The van der Waals surface area contributed by atoms with E-state index >= 15 is 0 Å². The second-order valence-electron chi connectivity index (χ2n) is 6.23. The number of rotatable bonds is 2. The third-order valence-electron chi connectivity index (χ3n) is 4.70. The lowest BCUT2D eigenvalue weighted by atomic mass is 10.1. The monoisotopic (exact) mass is 287 g/mol. The highest BCUT2D eigenvalue weighted by atomic mass is 16.2. The van der Waals surface area contributed by atoms with Crippen LogP contribution < -0.4 is 5.32 Å². The van der Waals surface area contributed by atoms with Crippen molar-refractivity contribution in [3.63, 3.8) is 0 Å². The molecule has 1 saturated heterocycles. The zero-order valence-corrected chi connectivity index (χ0v) is 13.1. The number of anilines is 1. The van der Waals surface area contributed by atoms with Crippen molar-refractivity contribution in [1.29, 1.82) is 0 Å². The Bertz CT molecular complexity index is 529. The summed E-state index contributed by atoms with van der Waals surface area (Å²) in [6.07, 6.45) is 3.10. The molecule has 0 aliphatic carbocycles. The molecule has 0 radical (unpaired) electrons. The van der Waals surface area contributed by atoms with E-state index in [9.17, 15) is 4.79 Å². The van der Waals surface area contributed by atoms with E-state index in [0.717, 1.165) is 51.0 Å². The number of carbonyl (C=O) groups excluding carboxylic acids is 1. The number of hydrogen-bond acceptors (Lipinski definition) is 3. The predicted molar refractivity (Wildman–Crippen MR) is 85.9 cm³/mol. The predicted octanol–water partition coefficient (Wildman–Crippen LogP) is 2.21. The lowest BCUT2D eigenvalue weighted by Gasteiger charge is -2.30. The maximum absolute atomic E-state index is 12.9. The van der Waals surface area contributed by atoms with Gasteiger partial charge >= 0.3 is 0 Å². The lowest BCUT2D eigenvalue weighted by molar-refractivity contribution is 0.0675. The molecule has 0 spiro atoms. The largest absolute Gasteiger partial charge is 0.384 e. The molecular formula is C17H25N3O. The number of nitrogens with zero attached hydrogens (tertiary/aromatic N) is 2. The Balaban J connectivity index is 1.82. The van der Waals surface area contributed by atoms with Crippen molar-refractivity contribution in [3.8, 4) is 0 Å². The molecule has 114 valence electrons. The van der Waals surface area contributed by atoms with E-state index in [1.165, 1.54) is 11.3 Å². The van der Waals surface area contributed by atoms with Gasteiger partial charge in [-0.05, 0) is 56.6 Å². The van der Waals surface area contributed by atoms with Gasteiger partial charge < -0.3 is 15.1 Å². The van der Waals surface area contributed by atoms with Crippen LogP contribution in [0.2, 0.25) is 0 Å². The molecule has 2 aliphatic rings. The Hall–Kier alpha value is -1.55. The fourth-order valence-corrected chi connectivity index (χ4v) is 3.46. The van der Waals surface area contributed by atoms with Gasteiger partial charge in [0.25, 0.3) is 5.91 Å². The van der Waals surface area contributed by atoms with Gasteiger partial charge in [-0.1, -0.05) is 6.92 Å². The quantitative estimate of drug-likeness (QED) is 0.906. The summed E-state index contributed by atoms with van der Waals surface area (Å²) in [5, 5.41) is 3.35. The van der Waals surface area contributed by atoms with Gasteiger partial charge in [0.2, 0.25) is 0 Å². The van der Waals surface area contributed by atoms with E-state index in [0.29, 0.717) is 6.04 Å². The Morgan fingerprint density at radius 2 is 2.24 bits per heavy atom. The third kappa shape index (κ3) is 2.91. The fraction of sp³-hybridized carbons (Fsp3) is 0.588. The maximum Gasteiger partial charge on any atom is 0.254 e. The van der Waals surface area contributed by atoms with Gasteiger partial charge in [-0.2, -0.15) is 0 Å². The molecule has 0 aromatic heterocycles. The first kappa shape index (κ1) is 14.4. The number of likely N-dealkylation sites (N-methyl/N-ethyl adjacent to an activating group) is 1. The number of nitrogens with one attached hydrogen (secondary N) is 1. The van der Waals surface area contributed by atoms with Crippen molar-refractivity contribution in [3.05, 3.63) is 29.3 Å². The van der Waals surface area contributed by atoms with Gasteiger partial charge in [0.15, 0.2) is 0 Å². The maximum atomic E-state index is 12.9. The molecule has 3 rings (SSSR count). The molecule has 1 unspecified atom stereocenters. The van der Waals surface area contributed by atoms with Gasteiger partial charge in [-0.15, -0.1) is 0 Å². The summed E-state index contributed by atoms with van der Waals surface area (Å²) in [7, 11) is 2.15. The van der Waals surface area contributed by atoms with Crippen molar-refractivity contribution in [2.75, 3.05) is 38.5 Å². The normalized spacial score (nSPS) is 22.6. The van der Waals surface area contributed by atoms with Crippen LogP contribution in [0, 0.1) is 0 Å². The molecule has 1 N–H and O–H groups in total. The van der Waals surface area contributed by atoms with Crippen molar-refractivity contribution in [1.82, 2.24) is 9.80 Å². The van der Waals surface area contributed by atoms with Gasteiger partial charge in [0.05, 0.1) is 0 Å². The first-order chi connectivity index (χ1) is 10.2. The van der Waals surface area contributed by atoms with Gasteiger partial charge in [-0.25, -0.2) is 0 Å². The number of fused-ring (bicyclic) bond motifs is 1. The highest BCUT2D eigenvalue weighted by Gasteiger charge is 2.27. The van der Waals surface area contributed by atoms with Gasteiger partial charge in [-0.3, -0.25) is 4.79 Å². The molecule has 21 heavy (non-hydrogen) atoms. The molecule has 1 atom stereocenters. The molecule has 0 bridgehead atoms. The molecule has 2 heterocycles. The summed E-state index contributed by atoms with van der Waals surface area (Å²) < 4.78 is 0. The number of carbonyl (C=O) groups is 1. The van der Waals surface area contributed by atoms with E-state index in [4.69, 9.17) is 0 Å². The summed E-state index contributed by atoms with van der Waals surface area (Å²) >= 11 is 0. The minimum atomic E-state index is 0.201. The lowest BCUT2D eigenvalue weighted by Crippen LogP contribution is -2.43. The van der Waals surface area contributed by atoms with Crippen LogP contribution in [-0.4, -0.2) is 55.0 Å². The van der Waals surface area contributed by atoms with Crippen molar-refractivity contribution >= 4 is 11.6 Å². The van der Waals surface area contributed by atoms with Crippen molar-refractivity contribution in [2.45, 2.75) is 32.2 Å². The van der Waals surface area contributed by atoms with Gasteiger partial charge in [0.1, 0.15) is 0 Å².